The molecule has 4 aromatic rings. The van der Waals surface area contributed by atoms with E-state index >= 15 is 0 Å². The highest BCUT2D eigenvalue weighted by atomic mass is 35.5. The van der Waals surface area contributed by atoms with E-state index in [0.29, 0.717) is 27.6 Å². The summed E-state index contributed by atoms with van der Waals surface area (Å²) in [5.41, 5.74) is 0.802. The summed E-state index contributed by atoms with van der Waals surface area (Å²) in [4.78, 5) is 17.4. The molecule has 0 saturated carbocycles. The first-order chi connectivity index (χ1) is 14.7. The molecular weight excluding hydrogens is 442 g/mol. The van der Waals surface area contributed by atoms with Crippen LogP contribution in [0.4, 0.5) is 5.82 Å². The number of amides is 1. The average Bonchev–Trinajstić information content (AvgIpc) is 3.43. The highest BCUT2D eigenvalue weighted by Crippen LogP contribution is 2.34. The van der Waals surface area contributed by atoms with Crippen LogP contribution in [-0.4, -0.2) is 38.5 Å². The predicted octanol–water partition coefficient (Wildman–Crippen LogP) is 4.78. The first kappa shape index (κ1) is 20.4. The van der Waals surface area contributed by atoms with E-state index in [4.69, 9.17) is 16.3 Å². The van der Waals surface area contributed by atoms with Crippen molar-refractivity contribution >= 4 is 46.4 Å². The van der Waals surface area contributed by atoms with Crippen molar-refractivity contribution in [2.75, 3.05) is 18.2 Å². The number of hydrogen-bond acceptors (Lipinski definition) is 7. The van der Waals surface area contributed by atoms with Gasteiger partial charge in [-0.25, -0.2) is 4.98 Å². The number of carbonyl (C=O) groups is 1. The minimum Gasteiger partial charge on any atom is -0.495 e. The van der Waals surface area contributed by atoms with Crippen LogP contribution in [0.3, 0.4) is 0 Å². The summed E-state index contributed by atoms with van der Waals surface area (Å²) >= 11 is 8.68. The lowest BCUT2D eigenvalue weighted by Gasteiger charge is -2.13. The normalized spacial score (nSPS) is 10.7. The number of ether oxygens (including phenoxy) is 1. The lowest BCUT2D eigenvalue weighted by atomic mass is 10.3. The van der Waals surface area contributed by atoms with Gasteiger partial charge in [0.1, 0.15) is 11.6 Å². The largest absolute Gasteiger partial charge is 0.495 e. The van der Waals surface area contributed by atoms with Crippen molar-refractivity contribution in [1.82, 2.24) is 19.7 Å². The van der Waals surface area contributed by atoms with Gasteiger partial charge in [-0.2, -0.15) is 0 Å². The van der Waals surface area contributed by atoms with Crippen LogP contribution in [0.2, 0.25) is 5.02 Å². The second-order valence-corrected chi connectivity index (χ2v) is 8.32. The summed E-state index contributed by atoms with van der Waals surface area (Å²) in [5, 5.41) is 14.5. The zero-order valence-electron chi connectivity index (χ0n) is 15.8. The molecule has 0 aliphatic heterocycles. The van der Waals surface area contributed by atoms with E-state index < -0.39 is 0 Å². The maximum Gasteiger partial charge on any atom is 0.236 e. The van der Waals surface area contributed by atoms with Gasteiger partial charge in [0, 0.05) is 6.20 Å². The van der Waals surface area contributed by atoms with Crippen molar-refractivity contribution in [1.29, 1.82) is 0 Å². The number of pyridine rings is 1. The number of aromatic nitrogens is 4. The van der Waals surface area contributed by atoms with Crippen LogP contribution in [0.25, 0.3) is 16.4 Å². The van der Waals surface area contributed by atoms with Gasteiger partial charge in [0.15, 0.2) is 11.0 Å². The number of carbonyl (C=O) groups excluding carboxylic acids is 1. The summed E-state index contributed by atoms with van der Waals surface area (Å²) < 4.78 is 7.44. The van der Waals surface area contributed by atoms with Gasteiger partial charge in [-0.15, -0.1) is 21.5 Å². The van der Waals surface area contributed by atoms with Crippen molar-refractivity contribution in [3.63, 3.8) is 0 Å². The molecule has 1 aromatic carbocycles. The Morgan fingerprint density at radius 2 is 2.07 bits per heavy atom. The number of thiophene rings is 1. The Hall–Kier alpha value is -2.88. The van der Waals surface area contributed by atoms with Gasteiger partial charge in [0.2, 0.25) is 5.91 Å². The molecule has 4 rings (SSSR count). The lowest BCUT2D eigenvalue weighted by Crippen LogP contribution is -2.15. The van der Waals surface area contributed by atoms with Crippen LogP contribution < -0.4 is 10.1 Å². The van der Waals surface area contributed by atoms with Crippen LogP contribution >= 0.6 is 34.7 Å². The van der Waals surface area contributed by atoms with E-state index in [9.17, 15) is 4.79 Å². The first-order valence-electron chi connectivity index (χ1n) is 8.82. The molecule has 3 heterocycles. The third-order valence-electron chi connectivity index (χ3n) is 4.03. The number of nitrogens with zero attached hydrogens (tertiary/aromatic N) is 4. The maximum atomic E-state index is 12.4. The maximum absolute atomic E-state index is 12.4. The number of benzene rings is 1. The summed E-state index contributed by atoms with van der Waals surface area (Å²) in [6.45, 7) is 0. The summed E-state index contributed by atoms with van der Waals surface area (Å²) in [7, 11) is 1.62. The molecule has 0 unspecified atom stereocenters. The Bertz CT molecular complexity index is 1150. The topological polar surface area (TPSA) is 81.9 Å². The summed E-state index contributed by atoms with van der Waals surface area (Å²) in [6.07, 6.45) is 1.48. The second-order valence-electron chi connectivity index (χ2n) is 5.99. The fraction of sp³-hybridized carbons (Fsp3) is 0.100. The molecule has 0 aliphatic rings. The Morgan fingerprint density at radius 1 is 1.20 bits per heavy atom. The highest BCUT2D eigenvalue weighted by Gasteiger charge is 2.20. The van der Waals surface area contributed by atoms with Gasteiger partial charge in [-0.1, -0.05) is 41.6 Å². The molecule has 1 N–H and O–H groups in total. The zero-order chi connectivity index (χ0) is 20.9. The van der Waals surface area contributed by atoms with Gasteiger partial charge in [0.25, 0.3) is 0 Å². The molecular formula is C20H16ClN5O2S2. The molecule has 1 amide bonds. The third kappa shape index (κ3) is 4.48. The van der Waals surface area contributed by atoms with E-state index in [-0.39, 0.29) is 11.7 Å². The smallest absolute Gasteiger partial charge is 0.236 e. The van der Waals surface area contributed by atoms with Crippen LogP contribution in [0, 0.1) is 0 Å². The van der Waals surface area contributed by atoms with Crippen LogP contribution in [0.15, 0.2) is 65.3 Å². The molecule has 0 fully saturated rings. The fourth-order valence-electron chi connectivity index (χ4n) is 2.72. The standard InChI is InChI=1S/C20H16ClN5O2S2/c1-28-15-6-3-2-5-14(15)26-19(16-7-4-10-29-16)24-25-20(26)30-12-18(27)23-17-9-8-13(21)11-22-17/h2-11H,12H2,1H3,(H,22,23,27). The Morgan fingerprint density at radius 3 is 2.80 bits per heavy atom. The minimum absolute atomic E-state index is 0.141. The number of hydrogen-bond donors (Lipinski definition) is 1. The molecule has 7 nitrogen and oxygen atoms in total. The molecule has 0 atom stereocenters. The van der Waals surface area contributed by atoms with Crippen LogP contribution in [-0.2, 0) is 4.79 Å². The molecule has 0 radical (unpaired) electrons. The van der Waals surface area contributed by atoms with Gasteiger partial charge >= 0.3 is 0 Å². The Labute approximate surface area is 186 Å². The molecule has 0 saturated heterocycles. The van der Waals surface area contributed by atoms with Crippen molar-refractivity contribution in [3.8, 4) is 22.1 Å². The monoisotopic (exact) mass is 457 g/mol. The number of methoxy groups -OCH3 is 1. The summed E-state index contributed by atoms with van der Waals surface area (Å²) in [6, 6.07) is 14.9. The molecule has 0 aliphatic carbocycles. The zero-order valence-corrected chi connectivity index (χ0v) is 18.2. The quantitative estimate of drug-likeness (QED) is 0.402. The number of nitrogens with one attached hydrogen (secondary N) is 1. The number of anilines is 1. The Kier molecular flexibility index (Phi) is 6.32. The Balaban J connectivity index is 1.60. The highest BCUT2D eigenvalue weighted by molar-refractivity contribution is 7.99. The predicted molar refractivity (Wildman–Crippen MR) is 120 cm³/mol. The summed E-state index contributed by atoms with van der Waals surface area (Å²) in [5.74, 6) is 1.75. The van der Waals surface area contributed by atoms with Crippen molar-refractivity contribution < 1.29 is 9.53 Å². The lowest BCUT2D eigenvalue weighted by molar-refractivity contribution is -0.113. The number of rotatable bonds is 7. The molecule has 10 heteroatoms. The van der Waals surface area contributed by atoms with Gasteiger partial charge in [-0.3, -0.25) is 9.36 Å². The van der Waals surface area contributed by atoms with Crippen molar-refractivity contribution in [2.45, 2.75) is 5.16 Å². The first-order valence-corrected chi connectivity index (χ1v) is 11.1. The SMILES string of the molecule is COc1ccccc1-n1c(SCC(=O)Nc2ccc(Cl)cn2)nnc1-c1cccs1. The molecule has 152 valence electrons. The minimum atomic E-state index is -0.206. The van der Waals surface area contributed by atoms with E-state index in [2.05, 4.69) is 20.5 Å². The van der Waals surface area contributed by atoms with E-state index in [0.717, 1.165) is 10.6 Å². The van der Waals surface area contributed by atoms with Crippen LogP contribution in [0.5, 0.6) is 5.75 Å². The fourth-order valence-corrected chi connectivity index (χ4v) is 4.27. The number of halogens is 1. The van der Waals surface area contributed by atoms with Gasteiger partial charge in [-0.05, 0) is 35.7 Å². The second kappa shape index (κ2) is 9.29. The van der Waals surface area contributed by atoms with Crippen molar-refractivity contribution in [3.05, 3.63) is 65.1 Å². The number of para-hydroxylation sites is 2. The molecule has 0 spiro atoms. The number of thioether (sulfide) groups is 1. The van der Waals surface area contributed by atoms with E-state index in [1.165, 1.54) is 18.0 Å². The van der Waals surface area contributed by atoms with Crippen LogP contribution in [0.1, 0.15) is 0 Å². The van der Waals surface area contributed by atoms with Gasteiger partial charge in [0.05, 0.1) is 28.4 Å². The molecule has 30 heavy (non-hydrogen) atoms. The van der Waals surface area contributed by atoms with Crippen molar-refractivity contribution in [2.24, 2.45) is 0 Å². The van der Waals surface area contributed by atoms with E-state index in [1.54, 1.807) is 30.6 Å². The van der Waals surface area contributed by atoms with E-state index in [1.807, 2.05) is 46.3 Å². The molecule has 3 aromatic heterocycles. The van der Waals surface area contributed by atoms with Gasteiger partial charge < -0.3 is 10.1 Å². The molecule has 0 bridgehead atoms. The average molecular weight is 458 g/mol. The third-order valence-corrected chi connectivity index (χ3v) is 6.05.